The summed E-state index contributed by atoms with van der Waals surface area (Å²) in [6.45, 7) is 0. The maximum absolute atomic E-state index is 11.2. The molecule has 7 nitrogen and oxygen atoms in total. The van der Waals surface area contributed by atoms with Gasteiger partial charge in [-0.2, -0.15) is 0 Å². The van der Waals surface area contributed by atoms with E-state index >= 15 is 0 Å². The van der Waals surface area contributed by atoms with Crippen LogP contribution < -0.4 is 9.47 Å². The molecule has 0 aliphatic heterocycles. The number of hydrogen-bond donors (Lipinski definition) is 0. The van der Waals surface area contributed by atoms with Crippen molar-refractivity contribution in [3.63, 3.8) is 0 Å². The third kappa shape index (κ3) is 3.32. The quantitative estimate of drug-likeness (QED) is 0.529. The predicted molar refractivity (Wildman–Crippen MR) is 85.0 cm³/mol. The fraction of sp³-hybridized carbons (Fsp3) is 0.133. The molecule has 0 aliphatic rings. The Hall–Kier alpha value is -2.87. The molecule has 0 bridgehead atoms. The van der Waals surface area contributed by atoms with Crippen LogP contribution in [0.3, 0.4) is 0 Å². The number of fused-ring (bicyclic) bond motifs is 1. The third-order valence-corrected chi connectivity index (χ3v) is 3.77. The first-order valence-electron chi connectivity index (χ1n) is 6.61. The van der Waals surface area contributed by atoms with Gasteiger partial charge in [-0.1, -0.05) is 6.07 Å². The van der Waals surface area contributed by atoms with Crippen molar-refractivity contribution in [1.82, 2.24) is 14.6 Å². The second-order valence-electron chi connectivity index (χ2n) is 4.39. The Labute approximate surface area is 135 Å². The molecule has 0 spiro atoms. The van der Waals surface area contributed by atoms with Crippen molar-refractivity contribution in [3.8, 4) is 16.7 Å². The molecule has 0 N–H and O–H groups in total. The minimum Gasteiger partial charge on any atom is -0.493 e. The number of hydrogen-bond acceptors (Lipinski definition) is 7. The zero-order valence-corrected chi connectivity index (χ0v) is 13.2. The molecule has 0 unspecified atom stereocenters. The summed E-state index contributed by atoms with van der Waals surface area (Å²) in [5.74, 6) is 0.633. The maximum Gasteiger partial charge on any atom is 0.330 e. The van der Waals surface area contributed by atoms with E-state index in [1.807, 2.05) is 0 Å². The highest BCUT2D eigenvalue weighted by Gasteiger charge is 2.11. The molecular formula is C15H13N3O4S. The second-order valence-corrected chi connectivity index (χ2v) is 5.31. The van der Waals surface area contributed by atoms with Gasteiger partial charge in [-0.25, -0.2) is 14.3 Å². The maximum atomic E-state index is 11.2. The van der Waals surface area contributed by atoms with Crippen LogP contribution in [-0.4, -0.2) is 34.8 Å². The van der Waals surface area contributed by atoms with Crippen LogP contribution in [0, 0.1) is 0 Å². The first kappa shape index (κ1) is 15.0. The fourth-order valence-electron chi connectivity index (χ4n) is 1.86. The zero-order chi connectivity index (χ0) is 16.2. The number of carbonyl (C=O) groups excluding carboxylic acids is 1. The van der Waals surface area contributed by atoms with E-state index in [0.29, 0.717) is 16.7 Å². The molecule has 8 heteroatoms. The van der Waals surface area contributed by atoms with E-state index in [1.54, 1.807) is 48.3 Å². The van der Waals surface area contributed by atoms with E-state index in [9.17, 15) is 4.79 Å². The molecular weight excluding hydrogens is 318 g/mol. The van der Waals surface area contributed by atoms with Crippen LogP contribution in [0.4, 0.5) is 0 Å². The minimum atomic E-state index is -0.426. The van der Waals surface area contributed by atoms with E-state index in [1.165, 1.54) is 24.5 Å². The molecule has 0 saturated heterocycles. The van der Waals surface area contributed by atoms with Crippen LogP contribution in [-0.2, 0) is 9.53 Å². The van der Waals surface area contributed by atoms with E-state index in [0.717, 1.165) is 10.5 Å². The van der Waals surface area contributed by atoms with Gasteiger partial charge in [0.25, 0.3) is 5.19 Å². The first-order chi connectivity index (χ1) is 11.2. The topological polar surface area (TPSA) is 75.0 Å². The summed E-state index contributed by atoms with van der Waals surface area (Å²) in [6.07, 6.45) is 6.38. The van der Waals surface area contributed by atoms with Crippen molar-refractivity contribution in [2.45, 2.75) is 0 Å². The number of carbonyl (C=O) groups is 1. The van der Waals surface area contributed by atoms with Crippen molar-refractivity contribution in [1.29, 1.82) is 0 Å². The van der Waals surface area contributed by atoms with E-state index in [4.69, 9.17) is 9.47 Å². The molecule has 0 saturated carbocycles. The highest BCUT2D eigenvalue weighted by atomic mass is 32.1. The SMILES string of the molecule is COC(=O)/C=C/c1ccc(OC)c(Oc2nn3ccnc3s2)c1. The van der Waals surface area contributed by atoms with Crippen molar-refractivity contribution in [3.05, 3.63) is 42.2 Å². The number of esters is 1. The van der Waals surface area contributed by atoms with Gasteiger partial charge < -0.3 is 14.2 Å². The molecule has 0 radical (unpaired) electrons. The van der Waals surface area contributed by atoms with Gasteiger partial charge in [-0.15, -0.1) is 5.10 Å². The molecule has 1 aromatic carbocycles. The number of nitrogens with zero attached hydrogens (tertiary/aromatic N) is 3. The van der Waals surface area contributed by atoms with Gasteiger partial charge in [0.1, 0.15) is 0 Å². The molecule has 0 fully saturated rings. The Kier molecular flexibility index (Phi) is 4.24. The van der Waals surface area contributed by atoms with Crippen molar-refractivity contribution in [2.24, 2.45) is 0 Å². The van der Waals surface area contributed by atoms with Gasteiger partial charge in [0.15, 0.2) is 11.5 Å². The molecule has 0 aliphatic carbocycles. The van der Waals surface area contributed by atoms with Crippen LogP contribution in [0.1, 0.15) is 5.56 Å². The highest BCUT2D eigenvalue weighted by Crippen LogP contribution is 2.34. The van der Waals surface area contributed by atoms with Crippen LogP contribution in [0.15, 0.2) is 36.7 Å². The van der Waals surface area contributed by atoms with Crippen molar-refractivity contribution >= 4 is 28.3 Å². The molecule has 0 amide bonds. The summed E-state index contributed by atoms with van der Waals surface area (Å²) in [4.78, 5) is 16.1. The number of methoxy groups -OCH3 is 2. The Balaban J connectivity index is 1.88. The summed E-state index contributed by atoms with van der Waals surface area (Å²) < 4.78 is 17.3. The van der Waals surface area contributed by atoms with Crippen LogP contribution in [0.25, 0.3) is 11.0 Å². The Morgan fingerprint density at radius 1 is 1.30 bits per heavy atom. The molecule has 0 atom stereocenters. The van der Waals surface area contributed by atoms with Gasteiger partial charge in [0.2, 0.25) is 4.96 Å². The predicted octanol–water partition coefficient (Wildman–Crippen LogP) is 2.78. The summed E-state index contributed by atoms with van der Waals surface area (Å²) in [5.41, 5.74) is 0.771. The van der Waals surface area contributed by atoms with Gasteiger partial charge >= 0.3 is 5.97 Å². The molecule has 3 rings (SSSR count). The van der Waals surface area contributed by atoms with Gasteiger partial charge in [0, 0.05) is 12.3 Å². The number of aromatic nitrogens is 3. The van der Waals surface area contributed by atoms with E-state index < -0.39 is 5.97 Å². The lowest BCUT2D eigenvalue weighted by Gasteiger charge is -2.08. The largest absolute Gasteiger partial charge is 0.493 e. The fourth-order valence-corrected chi connectivity index (χ4v) is 2.59. The van der Waals surface area contributed by atoms with Crippen molar-refractivity contribution in [2.75, 3.05) is 14.2 Å². The van der Waals surface area contributed by atoms with E-state index in [-0.39, 0.29) is 0 Å². The summed E-state index contributed by atoms with van der Waals surface area (Å²) in [5, 5.41) is 4.71. The number of imidazole rings is 1. The average Bonchev–Trinajstić information content (AvgIpc) is 3.14. The van der Waals surface area contributed by atoms with Gasteiger partial charge in [-0.05, 0) is 35.1 Å². The zero-order valence-electron chi connectivity index (χ0n) is 12.4. The normalized spacial score (nSPS) is 11.0. The Morgan fingerprint density at radius 3 is 2.91 bits per heavy atom. The van der Waals surface area contributed by atoms with Crippen LogP contribution >= 0.6 is 11.3 Å². The summed E-state index contributed by atoms with van der Waals surface area (Å²) in [6, 6.07) is 5.31. The lowest BCUT2D eigenvalue weighted by Crippen LogP contribution is -1.94. The number of benzene rings is 1. The monoisotopic (exact) mass is 331 g/mol. The lowest BCUT2D eigenvalue weighted by atomic mass is 10.2. The minimum absolute atomic E-state index is 0.426. The smallest absolute Gasteiger partial charge is 0.330 e. The molecule has 2 aromatic heterocycles. The number of ether oxygens (including phenoxy) is 3. The standard InChI is InChI=1S/C15H13N3O4S/c1-20-11-5-3-10(4-6-13(19)21-2)9-12(11)22-15-17-18-8-7-16-14(18)23-15/h3-9H,1-2H3/b6-4+. The second kappa shape index (κ2) is 6.49. The molecule has 23 heavy (non-hydrogen) atoms. The Bertz CT molecular complexity index is 840. The number of rotatable bonds is 5. The third-order valence-electron chi connectivity index (χ3n) is 2.95. The highest BCUT2D eigenvalue weighted by molar-refractivity contribution is 7.18. The van der Waals surface area contributed by atoms with E-state index in [2.05, 4.69) is 14.8 Å². The molecule has 118 valence electrons. The Morgan fingerprint density at radius 2 is 2.17 bits per heavy atom. The van der Waals surface area contributed by atoms with Crippen molar-refractivity contribution < 1.29 is 19.0 Å². The lowest BCUT2D eigenvalue weighted by molar-refractivity contribution is -0.134. The van der Waals surface area contributed by atoms with Gasteiger partial charge in [0.05, 0.1) is 20.4 Å². The van der Waals surface area contributed by atoms with Crippen LogP contribution in [0.5, 0.6) is 16.7 Å². The van der Waals surface area contributed by atoms with Gasteiger partial charge in [-0.3, -0.25) is 0 Å². The summed E-state index contributed by atoms with van der Waals surface area (Å²) in [7, 11) is 2.88. The molecule has 2 heterocycles. The summed E-state index contributed by atoms with van der Waals surface area (Å²) >= 11 is 1.32. The van der Waals surface area contributed by atoms with Crippen LogP contribution in [0.2, 0.25) is 0 Å². The first-order valence-corrected chi connectivity index (χ1v) is 7.43. The average molecular weight is 331 g/mol. The molecule has 3 aromatic rings.